The Morgan fingerprint density at radius 2 is 0.731 bits per heavy atom. The van der Waals surface area contributed by atoms with Crippen LogP contribution in [0.15, 0.2) is 72.8 Å². The third kappa shape index (κ3) is 22.9. The van der Waals surface area contributed by atoms with Crippen LogP contribution in [0.5, 0.6) is 0 Å². The predicted octanol–water partition coefficient (Wildman–Crippen LogP) is 12.9. The molecule has 1 unspecified atom stereocenters. The van der Waals surface area contributed by atoms with Gasteiger partial charge in [0.15, 0.2) is 0 Å². The fourth-order valence-electron chi connectivity index (χ4n) is 6.27. The van der Waals surface area contributed by atoms with Crippen LogP contribution in [0.25, 0.3) is 24.3 Å². The molecule has 3 rings (SSSR count). The number of anilines is 2. The van der Waals surface area contributed by atoms with Gasteiger partial charge in [-0.1, -0.05) is 118 Å². The second-order valence-electron chi connectivity index (χ2n) is 14.0. The summed E-state index contributed by atoms with van der Waals surface area (Å²) in [5.74, 6) is 0. The number of rotatable bonds is 31. The Kier molecular flexibility index (Phi) is 28.2. The summed E-state index contributed by atoms with van der Waals surface area (Å²) in [7, 11) is 0. The van der Waals surface area contributed by atoms with Crippen LogP contribution in [0.1, 0.15) is 144 Å². The molecule has 0 radical (unpaired) electrons. The normalized spacial score (nSPS) is 12.3. The molecule has 0 aromatic heterocycles. The number of hydrogen-bond donors (Lipinski definition) is 2. The Hall–Kier alpha value is -0.340. The standard InChI is InChI=1S/C46H65I4N2/c47-36-14-8-5-3-1-2-4-6-10-17-39-50-52-46-34-30-43(31-35-46)27-25-41-22-20-40(21-23-41)24-26-42-28-32-45(33-29-42)51-44(19-13-11-16-38-49)18-12-7-9-15-37-48/h20-35,44,51-52H,1-19,36-39H2/q-1/b26-24+,27-25+. The predicted molar refractivity (Wildman–Crippen MR) is 257 cm³/mol. The molecule has 2 nitrogen and oxygen atoms in total. The van der Waals surface area contributed by atoms with E-state index in [0.717, 1.165) is 0 Å². The van der Waals surface area contributed by atoms with Crippen molar-refractivity contribution in [3.63, 3.8) is 0 Å². The van der Waals surface area contributed by atoms with Crippen molar-refractivity contribution in [3.05, 3.63) is 95.1 Å². The fourth-order valence-corrected chi connectivity index (χ4v) is 9.88. The number of unbranched alkanes of at least 4 members (excludes halogenated alkanes) is 14. The van der Waals surface area contributed by atoms with Gasteiger partial charge in [-0.3, -0.25) is 0 Å². The van der Waals surface area contributed by atoms with Crippen LogP contribution in [0.3, 0.4) is 0 Å². The van der Waals surface area contributed by atoms with Gasteiger partial charge in [0.25, 0.3) is 0 Å². The monoisotopic (exact) mass is 1150 g/mol. The summed E-state index contributed by atoms with van der Waals surface area (Å²) in [4.78, 5) is 0. The van der Waals surface area contributed by atoms with E-state index in [9.17, 15) is 0 Å². The van der Waals surface area contributed by atoms with Crippen LogP contribution in [0, 0.1) is 0 Å². The molecule has 0 aliphatic heterocycles. The van der Waals surface area contributed by atoms with Gasteiger partial charge in [0.2, 0.25) is 0 Å². The van der Waals surface area contributed by atoms with E-state index >= 15 is 0 Å². The molecule has 0 fully saturated rings. The minimum atomic E-state index is 0.0410. The van der Waals surface area contributed by atoms with Gasteiger partial charge in [-0.2, -0.15) is 0 Å². The molecule has 3 aromatic carbocycles. The number of hydrogen-bond acceptors (Lipinski definition) is 2. The maximum absolute atomic E-state index is 3.87. The Morgan fingerprint density at radius 3 is 1.15 bits per heavy atom. The summed E-state index contributed by atoms with van der Waals surface area (Å²) in [6, 6.07) is 27.3. The van der Waals surface area contributed by atoms with Crippen molar-refractivity contribution in [1.29, 1.82) is 0 Å². The van der Waals surface area contributed by atoms with E-state index < -0.39 is 0 Å². The summed E-state index contributed by atoms with van der Waals surface area (Å²) in [5.41, 5.74) is 7.44. The number of nitrogens with one attached hydrogen (secondary N) is 2. The molecule has 0 heterocycles. The maximum atomic E-state index is 3.87. The van der Waals surface area contributed by atoms with E-state index in [1.807, 2.05) is 0 Å². The summed E-state index contributed by atoms with van der Waals surface area (Å²) < 4.78 is 8.96. The van der Waals surface area contributed by atoms with E-state index in [-0.39, 0.29) is 21.5 Å². The van der Waals surface area contributed by atoms with Crippen molar-refractivity contribution in [2.24, 2.45) is 0 Å². The van der Waals surface area contributed by atoms with E-state index in [1.54, 1.807) is 0 Å². The van der Waals surface area contributed by atoms with Crippen LogP contribution in [-0.4, -0.2) is 23.8 Å². The third-order valence-electron chi connectivity index (χ3n) is 9.48. The van der Waals surface area contributed by atoms with Crippen LogP contribution < -0.4 is 30.3 Å². The van der Waals surface area contributed by atoms with E-state index in [1.165, 1.54) is 173 Å². The fraction of sp³-hybridized carbons (Fsp3) is 0.522. The second kappa shape index (κ2) is 31.8. The quantitative estimate of drug-likeness (QED) is 0.0221. The molecule has 0 spiro atoms. The van der Waals surface area contributed by atoms with Crippen molar-refractivity contribution >= 4 is 103 Å². The van der Waals surface area contributed by atoms with E-state index in [2.05, 4.69) is 174 Å². The van der Waals surface area contributed by atoms with Gasteiger partial charge in [0.1, 0.15) is 0 Å². The molecule has 0 saturated heterocycles. The summed E-state index contributed by atoms with van der Waals surface area (Å²) in [6.07, 6.45) is 35.1. The molecule has 0 aliphatic carbocycles. The molecule has 0 amide bonds. The molecule has 0 aliphatic rings. The first-order valence-corrected chi connectivity index (χ1v) is 27.3. The summed E-state index contributed by atoms with van der Waals surface area (Å²) in [5, 5.41) is 3.87. The minimum absolute atomic E-state index is 0.0410. The van der Waals surface area contributed by atoms with Crippen molar-refractivity contribution in [2.75, 3.05) is 26.6 Å². The zero-order valence-electron chi connectivity index (χ0n) is 31.6. The Labute approximate surface area is 370 Å². The Morgan fingerprint density at radius 1 is 0.404 bits per heavy atom. The van der Waals surface area contributed by atoms with Gasteiger partial charge in [-0.05, 0) is 52.2 Å². The number of alkyl halides is 4. The molecule has 0 saturated carbocycles. The first-order valence-electron chi connectivity index (χ1n) is 20.1. The van der Waals surface area contributed by atoms with Crippen LogP contribution in [0.2, 0.25) is 0 Å². The van der Waals surface area contributed by atoms with Gasteiger partial charge in [0.05, 0.1) is 0 Å². The molecule has 52 heavy (non-hydrogen) atoms. The number of benzene rings is 3. The third-order valence-corrected chi connectivity index (χ3v) is 14.1. The van der Waals surface area contributed by atoms with Gasteiger partial charge < -0.3 is 5.32 Å². The van der Waals surface area contributed by atoms with Crippen LogP contribution in [0.4, 0.5) is 11.4 Å². The molecule has 1 atom stereocenters. The van der Waals surface area contributed by atoms with Crippen molar-refractivity contribution in [3.8, 4) is 0 Å². The average molecular weight is 1150 g/mol. The molecule has 6 heteroatoms. The molecule has 0 bridgehead atoms. The van der Waals surface area contributed by atoms with Crippen LogP contribution in [-0.2, 0) is 0 Å². The van der Waals surface area contributed by atoms with E-state index in [0.29, 0.717) is 6.04 Å². The second-order valence-corrected chi connectivity index (χ2v) is 19.6. The van der Waals surface area contributed by atoms with Gasteiger partial charge in [-0.25, -0.2) is 0 Å². The summed E-state index contributed by atoms with van der Waals surface area (Å²) >= 11 is 7.54. The van der Waals surface area contributed by atoms with Gasteiger partial charge >= 0.3 is 187 Å². The zero-order valence-corrected chi connectivity index (χ0v) is 40.2. The van der Waals surface area contributed by atoms with Gasteiger partial charge in [-0.15, -0.1) is 0 Å². The first kappa shape index (κ1) is 46.0. The Bertz CT molecular complexity index is 1320. The summed E-state index contributed by atoms with van der Waals surface area (Å²) in [6.45, 7) is 0. The van der Waals surface area contributed by atoms with E-state index in [4.69, 9.17) is 0 Å². The van der Waals surface area contributed by atoms with Crippen molar-refractivity contribution in [2.45, 2.75) is 128 Å². The molecule has 3 aromatic rings. The molecule has 288 valence electrons. The first-order chi connectivity index (χ1) is 25.7. The Balaban J connectivity index is 1.33. The molecular weight excluding hydrogens is 1090 g/mol. The van der Waals surface area contributed by atoms with Crippen LogP contribution >= 0.6 is 67.8 Å². The zero-order chi connectivity index (χ0) is 36.7. The SMILES string of the molecule is ICCCCCCCCCCCC[I-]Nc1ccc(/C=C/c2ccc(/C=C/c3ccc(NC(CCCCCI)CCCCCCI)cc3)cc2)cc1. The average Bonchev–Trinajstić information content (AvgIpc) is 3.18. The van der Waals surface area contributed by atoms with Gasteiger partial charge in [0, 0.05) is 11.7 Å². The van der Waals surface area contributed by atoms with Crippen molar-refractivity contribution in [1.82, 2.24) is 0 Å². The van der Waals surface area contributed by atoms with Crippen molar-refractivity contribution < 1.29 is 21.5 Å². The topological polar surface area (TPSA) is 24.1 Å². The molecule has 2 N–H and O–H groups in total. The molecular formula is C46H65I4N2-. The number of halogens is 4.